The van der Waals surface area contributed by atoms with E-state index in [9.17, 15) is 4.79 Å². The molecular formula is C19H19N3O4. The van der Waals surface area contributed by atoms with Crippen molar-refractivity contribution < 1.29 is 18.7 Å². The van der Waals surface area contributed by atoms with Gasteiger partial charge in [0.25, 0.3) is 5.91 Å². The van der Waals surface area contributed by atoms with Gasteiger partial charge < -0.3 is 19.2 Å². The van der Waals surface area contributed by atoms with Crippen molar-refractivity contribution in [2.75, 3.05) is 14.2 Å². The molecule has 0 radical (unpaired) electrons. The van der Waals surface area contributed by atoms with Crippen LogP contribution in [0.5, 0.6) is 11.5 Å². The molecule has 2 heterocycles. The first-order valence-electron chi connectivity index (χ1n) is 8.01. The van der Waals surface area contributed by atoms with Gasteiger partial charge in [0.2, 0.25) is 0 Å². The van der Waals surface area contributed by atoms with Crippen molar-refractivity contribution in [3.63, 3.8) is 0 Å². The van der Waals surface area contributed by atoms with E-state index in [1.54, 1.807) is 38.6 Å². The smallest absolute Gasteiger partial charge is 0.274 e. The van der Waals surface area contributed by atoms with Crippen molar-refractivity contribution in [3.05, 3.63) is 60.4 Å². The predicted octanol–water partition coefficient (Wildman–Crippen LogP) is 3.24. The van der Waals surface area contributed by atoms with Gasteiger partial charge in [-0.25, -0.2) is 4.98 Å². The third-order valence-electron chi connectivity index (χ3n) is 3.91. The Hall–Kier alpha value is -3.35. The van der Waals surface area contributed by atoms with E-state index in [0.29, 0.717) is 22.8 Å². The average Bonchev–Trinajstić information content (AvgIpc) is 3.18. The summed E-state index contributed by atoms with van der Waals surface area (Å²) in [6, 6.07) is 10.5. The van der Waals surface area contributed by atoms with E-state index in [1.807, 2.05) is 25.1 Å². The highest BCUT2D eigenvalue weighted by molar-refractivity contribution is 5.97. The third-order valence-corrected chi connectivity index (χ3v) is 3.91. The van der Waals surface area contributed by atoms with E-state index in [-0.39, 0.29) is 17.6 Å². The van der Waals surface area contributed by atoms with Crippen LogP contribution < -0.4 is 14.8 Å². The molecule has 0 bridgehead atoms. The molecule has 0 aliphatic heterocycles. The summed E-state index contributed by atoms with van der Waals surface area (Å²) < 4.78 is 16.0. The van der Waals surface area contributed by atoms with Crippen molar-refractivity contribution in [2.24, 2.45) is 0 Å². The maximum atomic E-state index is 12.6. The summed E-state index contributed by atoms with van der Waals surface area (Å²) >= 11 is 0. The van der Waals surface area contributed by atoms with Crippen LogP contribution in [0.4, 0.5) is 0 Å². The number of benzene rings is 1. The second-order valence-electron chi connectivity index (χ2n) is 5.55. The van der Waals surface area contributed by atoms with Crippen molar-refractivity contribution in [1.82, 2.24) is 15.3 Å². The molecule has 0 aliphatic carbocycles. The number of hydrogen-bond acceptors (Lipinski definition) is 6. The minimum absolute atomic E-state index is 0.194. The first-order chi connectivity index (χ1) is 12.6. The Morgan fingerprint density at radius 3 is 2.62 bits per heavy atom. The zero-order chi connectivity index (χ0) is 18.5. The van der Waals surface area contributed by atoms with Gasteiger partial charge in [-0.2, -0.15) is 0 Å². The van der Waals surface area contributed by atoms with Crippen LogP contribution in [-0.2, 0) is 0 Å². The highest BCUT2D eigenvalue weighted by atomic mass is 16.5. The quantitative estimate of drug-likeness (QED) is 0.732. The lowest BCUT2D eigenvalue weighted by Crippen LogP contribution is -2.27. The number of pyridine rings is 1. The van der Waals surface area contributed by atoms with Crippen molar-refractivity contribution >= 4 is 5.91 Å². The molecule has 3 aromatic rings. The number of rotatable bonds is 6. The summed E-state index contributed by atoms with van der Waals surface area (Å²) in [5, 5.41) is 2.88. The van der Waals surface area contributed by atoms with Crippen molar-refractivity contribution in [2.45, 2.75) is 13.0 Å². The maximum Gasteiger partial charge on any atom is 0.274 e. The van der Waals surface area contributed by atoms with E-state index in [0.717, 1.165) is 5.69 Å². The van der Waals surface area contributed by atoms with Gasteiger partial charge in [-0.05, 0) is 37.3 Å². The summed E-state index contributed by atoms with van der Waals surface area (Å²) in [4.78, 5) is 21.0. The van der Waals surface area contributed by atoms with Gasteiger partial charge >= 0.3 is 0 Å². The summed E-state index contributed by atoms with van der Waals surface area (Å²) in [6.07, 6.45) is 2.93. The van der Waals surface area contributed by atoms with Gasteiger partial charge in [-0.15, -0.1) is 0 Å². The molecule has 1 atom stereocenters. The molecule has 1 aromatic carbocycles. The Morgan fingerprint density at radius 2 is 1.92 bits per heavy atom. The summed E-state index contributed by atoms with van der Waals surface area (Å²) in [6.45, 7) is 1.86. The molecule has 2 aromatic heterocycles. The van der Waals surface area contributed by atoms with Crippen LogP contribution in [0, 0.1) is 0 Å². The minimum atomic E-state index is -0.346. The molecule has 3 rings (SSSR count). The molecule has 0 saturated heterocycles. The van der Waals surface area contributed by atoms with E-state index < -0.39 is 0 Å². The van der Waals surface area contributed by atoms with Gasteiger partial charge in [0, 0.05) is 11.8 Å². The number of hydrogen-bond donors (Lipinski definition) is 1. The standard InChI is InChI=1S/C19H19N3O4/c1-12(14-6-4-5-9-20-14)22-19(23)17-18(26-11-21-17)13-7-8-15(24-2)16(10-13)25-3/h4-12H,1-3H3,(H,22,23)/t12-/m0/s1. The van der Waals surface area contributed by atoms with E-state index in [4.69, 9.17) is 13.9 Å². The summed E-state index contributed by atoms with van der Waals surface area (Å²) in [5.74, 6) is 1.14. The molecule has 0 fully saturated rings. The molecule has 134 valence electrons. The Labute approximate surface area is 151 Å². The second-order valence-corrected chi connectivity index (χ2v) is 5.55. The SMILES string of the molecule is COc1ccc(-c2ocnc2C(=O)N[C@@H](C)c2ccccn2)cc1OC. The molecule has 7 nitrogen and oxygen atoms in total. The number of oxazole rings is 1. The number of methoxy groups -OCH3 is 2. The topological polar surface area (TPSA) is 86.5 Å². The van der Waals surface area contributed by atoms with Gasteiger partial charge in [-0.3, -0.25) is 9.78 Å². The monoisotopic (exact) mass is 353 g/mol. The first-order valence-corrected chi connectivity index (χ1v) is 8.01. The maximum absolute atomic E-state index is 12.6. The Balaban J connectivity index is 1.85. The largest absolute Gasteiger partial charge is 0.493 e. The highest BCUT2D eigenvalue weighted by Crippen LogP contribution is 2.33. The zero-order valence-corrected chi connectivity index (χ0v) is 14.7. The van der Waals surface area contributed by atoms with Crippen LogP contribution in [0.2, 0.25) is 0 Å². The molecule has 26 heavy (non-hydrogen) atoms. The molecule has 1 amide bonds. The first kappa shape index (κ1) is 17.5. The number of nitrogens with zero attached hydrogens (tertiary/aromatic N) is 2. The Bertz CT molecular complexity index is 893. The van der Waals surface area contributed by atoms with Gasteiger partial charge in [0.05, 0.1) is 26.0 Å². The van der Waals surface area contributed by atoms with E-state index in [2.05, 4.69) is 15.3 Å². The van der Waals surface area contributed by atoms with Crippen LogP contribution in [0.3, 0.4) is 0 Å². The van der Waals surface area contributed by atoms with Crippen LogP contribution in [0.1, 0.15) is 29.1 Å². The number of nitrogens with one attached hydrogen (secondary N) is 1. The van der Waals surface area contributed by atoms with Gasteiger partial charge in [0.15, 0.2) is 29.3 Å². The van der Waals surface area contributed by atoms with Gasteiger partial charge in [-0.1, -0.05) is 6.07 Å². The molecule has 1 N–H and O–H groups in total. The van der Waals surface area contributed by atoms with Gasteiger partial charge in [0.1, 0.15) is 0 Å². The fourth-order valence-corrected chi connectivity index (χ4v) is 2.56. The number of ether oxygens (including phenoxy) is 2. The fraction of sp³-hybridized carbons (Fsp3) is 0.211. The number of carbonyl (C=O) groups excluding carboxylic acids is 1. The molecule has 7 heteroatoms. The minimum Gasteiger partial charge on any atom is -0.493 e. The Morgan fingerprint density at radius 1 is 1.12 bits per heavy atom. The molecule has 0 unspecified atom stereocenters. The third kappa shape index (κ3) is 3.51. The van der Waals surface area contributed by atoms with Crippen LogP contribution in [0.15, 0.2) is 53.4 Å². The molecule has 0 saturated carbocycles. The molecular weight excluding hydrogens is 334 g/mol. The fourth-order valence-electron chi connectivity index (χ4n) is 2.56. The predicted molar refractivity (Wildman–Crippen MR) is 95.2 cm³/mol. The van der Waals surface area contributed by atoms with Crippen LogP contribution >= 0.6 is 0 Å². The second kappa shape index (κ2) is 7.69. The van der Waals surface area contributed by atoms with E-state index in [1.165, 1.54) is 6.39 Å². The average molecular weight is 353 g/mol. The molecule has 0 aliphatic rings. The lowest BCUT2D eigenvalue weighted by Gasteiger charge is -2.13. The zero-order valence-electron chi connectivity index (χ0n) is 14.7. The number of aromatic nitrogens is 2. The number of amides is 1. The van der Waals surface area contributed by atoms with Crippen LogP contribution in [-0.4, -0.2) is 30.1 Å². The highest BCUT2D eigenvalue weighted by Gasteiger charge is 2.21. The van der Waals surface area contributed by atoms with E-state index >= 15 is 0 Å². The summed E-state index contributed by atoms with van der Waals surface area (Å²) in [7, 11) is 3.11. The van der Waals surface area contributed by atoms with Crippen molar-refractivity contribution in [1.29, 1.82) is 0 Å². The lowest BCUT2D eigenvalue weighted by molar-refractivity contribution is 0.0935. The molecule has 0 spiro atoms. The number of carbonyl (C=O) groups is 1. The lowest BCUT2D eigenvalue weighted by atomic mass is 10.1. The summed E-state index contributed by atoms with van der Waals surface area (Å²) in [5.41, 5.74) is 1.62. The van der Waals surface area contributed by atoms with Crippen LogP contribution in [0.25, 0.3) is 11.3 Å². The normalized spacial score (nSPS) is 11.7. The Kier molecular flexibility index (Phi) is 5.17. The van der Waals surface area contributed by atoms with Crippen molar-refractivity contribution in [3.8, 4) is 22.8 Å².